The second-order valence-corrected chi connectivity index (χ2v) is 23.7. The molecular formula is C65H137N15O8. The molecule has 0 spiro atoms. The number of unbranched alkanes of at least 4 members (excludes halogenated alkanes) is 6. The molecule has 0 aromatic rings. The molecule has 0 aromatic heterocycles. The highest BCUT2D eigenvalue weighted by atomic mass is 16.2. The molecule has 0 fully saturated rings. The van der Waals surface area contributed by atoms with E-state index < -0.39 is 0 Å². The van der Waals surface area contributed by atoms with Gasteiger partial charge in [0.15, 0.2) is 17.9 Å². The van der Waals surface area contributed by atoms with E-state index in [9.17, 15) is 38.4 Å². The molecule has 23 heteroatoms. The largest absolute Gasteiger partial charge is 0.386 e. The molecule has 0 rings (SSSR count). The highest BCUT2D eigenvalue weighted by molar-refractivity contribution is 5.83. The smallest absolute Gasteiger partial charge is 0.185 e. The van der Waals surface area contributed by atoms with Crippen molar-refractivity contribution >= 4 is 64.1 Å². The first-order valence-electron chi connectivity index (χ1n) is 32.2. The van der Waals surface area contributed by atoms with Crippen LogP contribution in [0.3, 0.4) is 0 Å². The highest BCUT2D eigenvalue weighted by Crippen LogP contribution is 2.08. The van der Waals surface area contributed by atoms with Crippen molar-refractivity contribution in [1.29, 1.82) is 0 Å². The van der Waals surface area contributed by atoms with Gasteiger partial charge in [-0.15, -0.1) is 0 Å². The number of rotatable bonds is 41. The number of guanidine groups is 3. The molecule has 0 atom stereocenters. The van der Waals surface area contributed by atoms with Crippen LogP contribution in [-0.2, 0) is 38.4 Å². The number of aliphatic imine (C=N–C) groups is 3. The maximum absolute atomic E-state index is 11.2. The Morgan fingerprint density at radius 3 is 0.807 bits per heavy atom. The van der Waals surface area contributed by atoms with Crippen LogP contribution in [0.2, 0.25) is 0 Å². The monoisotopic (exact) mass is 1260 g/mol. The van der Waals surface area contributed by atoms with Gasteiger partial charge in [-0.25, -0.2) is 0 Å². The van der Waals surface area contributed by atoms with Crippen LogP contribution in [0, 0.1) is 47.3 Å². The topological polar surface area (TPSA) is 472 Å². The lowest BCUT2D eigenvalue weighted by Gasteiger charge is -2.05. The summed E-state index contributed by atoms with van der Waals surface area (Å²) < 4.78 is 0. The van der Waals surface area contributed by atoms with Crippen molar-refractivity contribution in [3.05, 3.63) is 12.4 Å². The molecule has 0 aliphatic heterocycles. The molecule has 0 saturated heterocycles. The Hall–Kier alpha value is -5.65. The minimum Gasteiger partial charge on any atom is -0.386 e. The Morgan fingerprint density at radius 1 is 0.284 bits per heavy atom. The zero-order valence-electron chi connectivity index (χ0n) is 58.6. The summed E-state index contributed by atoms with van der Waals surface area (Å²) in [6, 6.07) is 0. The fourth-order valence-corrected chi connectivity index (χ4v) is 6.02. The number of ketones is 8. The summed E-state index contributed by atoms with van der Waals surface area (Å²) in [6.07, 6.45) is 16.4. The van der Waals surface area contributed by atoms with Crippen LogP contribution in [0.4, 0.5) is 0 Å². The second-order valence-electron chi connectivity index (χ2n) is 23.7. The van der Waals surface area contributed by atoms with Crippen molar-refractivity contribution < 1.29 is 38.4 Å². The minimum absolute atomic E-state index is 0.0431. The second kappa shape index (κ2) is 70.4. The SMILES string of the molecule is C=C(N)NCCCCCC(=O)C(C)C.CC(C)C(=O)CCCCCN.CC(C)C(=O)CCCCN.CC(C)C(=O)CCCCN=C(N)N.CC(C)C(=O)CCCN.CC(C)C(=O)CCCN=C(N)N.CC(C)C(=O)CCN.CC(C)C(=O)CCN=C(N)N. The average Bonchev–Trinajstić information content (AvgIpc) is 3.43. The molecule has 0 aliphatic carbocycles. The van der Waals surface area contributed by atoms with Crippen molar-refractivity contribution in [2.75, 3.05) is 52.4 Å². The van der Waals surface area contributed by atoms with Gasteiger partial charge in [0, 0.05) is 125 Å². The van der Waals surface area contributed by atoms with Crippen LogP contribution in [0.15, 0.2) is 27.4 Å². The number of hydrogen-bond donors (Lipinski definition) is 12. The van der Waals surface area contributed by atoms with Gasteiger partial charge >= 0.3 is 0 Å². The third kappa shape index (κ3) is 91.5. The first-order valence-corrected chi connectivity index (χ1v) is 32.2. The molecule has 0 aliphatic rings. The summed E-state index contributed by atoms with van der Waals surface area (Å²) in [7, 11) is 0. The van der Waals surface area contributed by atoms with E-state index in [1.54, 1.807) is 0 Å². The molecule has 23 N–H and O–H groups in total. The lowest BCUT2D eigenvalue weighted by atomic mass is 10.0. The fraction of sp³-hybridized carbons (Fsp3) is 0.800. The van der Waals surface area contributed by atoms with E-state index in [1.807, 2.05) is 111 Å². The maximum atomic E-state index is 11.2. The number of hydrogen-bond acceptors (Lipinski definition) is 17. The minimum atomic E-state index is 0.0431. The standard InChI is InChI=1S/C11H22N2O.C9H19N3O.C9H19NO.C8H17N3O.C8H17NO.C7H15N3O.C7H15NO.C6H13NO/c1-9(2)11(14)7-5-4-6-8-13-10(3)12;1-7(2)8(13)5-3-4-6-12-9(10)11;1-8(2)9(11)6-4-3-5-7-10;1-6(2)7(12)4-3-5-11-8(9)10;1-7(2)8(10)5-3-4-6-9;1-5(2)6(11)3-4-10-7(8)9;1-6(2)7(9)4-3-5-8;1-5(2)6(8)3-4-7/h9,13H,3-8,12H2,1-2H3;7H,3-6H2,1-2H3,(H4,10,11,12);8H,3-7,10H2,1-2H3;6H,3-5H2,1-2H3,(H4,9,10,11);7H,3-6,9H2,1-2H3;5H,3-4H2,1-2H3,(H4,8,9,10);6H,3-5,8H2,1-2H3;5H,3-4,7H2,1-2H3. The Kier molecular flexibility index (Phi) is 78.9. The first-order chi connectivity index (χ1) is 40.9. The normalized spacial score (nSPS) is 10.1. The Morgan fingerprint density at radius 2 is 0.523 bits per heavy atom. The van der Waals surface area contributed by atoms with Crippen molar-refractivity contribution in [3.63, 3.8) is 0 Å². The lowest BCUT2D eigenvalue weighted by Crippen LogP contribution is -2.23. The van der Waals surface area contributed by atoms with Gasteiger partial charge in [0.2, 0.25) is 0 Å². The molecule has 0 bridgehead atoms. The average molecular weight is 1260 g/mol. The van der Waals surface area contributed by atoms with E-state index in [1.165, 1.54) is 0 Å². The molecule has 0 unspecified atom stereocenters. The van der Waals surface area contributed by atoms with E-state index in [4.69, 9.17) is 63.1 Å². The highest BCUT2D eigenvalue weighted by Gasteiger charge is 2.10. The zero-order valence-corrected chi connectivity index (χ0v) is 58.6. The number of carbonyl (C=O) groups excluding carboxylic acids is 8. The van der Waals surface area contributed by atoms with Gasteiger partial charge < -0.3 is 68.4 Å². The predicted octanol–water partition coefficient (Wildman–Crippen LogP) is 7.17. The lowest BCUT2D eigenvalue weighted by molar-refractivity contribution is -0.122. The number of nitrogens with one attached hydrogen (secondary N) is 1. The first kappa shape index (κ1) is 98.6. The maximum Gasteiger partial charge on any atom is 0.185 e. The van der Waals surface area contributed by atoms with Crippen LogP contribution < -0.4 is 68.4 Å². The summed E-state index contributed by atoms with van der Waals surface area (Å²) in [4.78, 5) is 99.3. The third-order valence-corrected chi connectivity index (χ3v) is 12.3. The van der Waals surface area contributed by atoms with Gasteiger partial charge in [-0.1, -0.05) is 130 Å². The summed E-state index contributed by atoms with van der Waals surface area (Å²) in [5.41, 5.74) is 57.0. The van der Waals surface area contributed by atoms with Gasteiger partial charge in [-0.05, 0) is 90.4 Å². The summed E-state index contributed by atoms with van der Waals surface area (Å²) in [6.45, 7) is 39.1. The molecule has 23 nitrogen and oxygen atoms in total. The summed E-state index contributed by atoms with van der Waals surface area (Å²) in [5, 5.41) is 2.95. The number of carbonyl (C=O) groups is 8. The van der Waals surface area contributed by atoms with Crippen molar-refractivity contribution in [2.24, 2.45) is 125 Å². The Balaban J connectivity index is -0.000000139. The van der Waals surface area contributed by atoms with Crippen LogP contribution >= 0.6 is 0 Å². The van der Waals surface area contributed by atoms with Gasteiger partial charge in [-0.2, -0.15) is 0 Å². The van der Waals surface area contributed by atoms with Gasteiger partial charge in [-0.3, -0.25) is 53.3 Å². The predicted molar refractivity (Wildman–Crippen MR) is 371 cm³/mol. The quantitative estimate of drug-likeness (QED) is 0.0164. The molecule has 0 amide bonds. The van der Waals surface area contributed by atoms with E-state index in [0.29, 0.717) is 119 Å². The molecular weight excluding hydrogens is 1120 g/mol. The van der Waals surface area contributed by atoms with E-state index in [0.717, 1.165) is 96.6 Å². The van der Waals surface area contributed by atoms with Crippen LogP contribution in [0.5, 0.6) is 0 Å². The van der Waals surface area contributed by atoms with Crippen molar-refractivity contribution in [2.45, 2.75) is 239 Å². The van der Waals surface area contributed by atoms with E-state index in [-0.39, 0.29) is 82.6 Å². The van der Waals surface area contributed by atoms with E-state index in [2.05, 4.69) is 26.9 Å². The van der Waals surface area contributed by atoms with Crippen LogP contribution in [-0.4, -0.2) is 117 Å². The van der Waals surface area contributed by atoms with Gasteiger partial charge in [0.05, 0.1) is 5.82 Å². The van der Waals surface area contributed by atoms with Crippen LogP contribution in [0.1, 0.15) is 239 Å². The number of nitrogens with zero attached hydrogens (tertiary/aromatic N) is 3. The Labute approximate surface area is 535 Å². The van der Waals surface area contributed by atoms with Gasteiger partial charge in [0.25, 0.3) is 0 Å². The van der Waals surface area contributed by atoms with Gasteiger partial charge in [0.1, 0.15) is 46.3 Å². The number of Topliss-reactive ketones (excluding diaryl/α,β-unsaturated/α-hetero) is 8. The molecule has 0 aromatic carbocycles. The van der Waals surface area contributed by atoms with Crippen molar-refractivity contribution in [3.8, 4) is 0 Å². The third-order valence-electron chi connectivity index (χ3n) is 12.3. The number of nitrogens with two attached hydrogens (primary N) is 11. The molecule has 520 valence electrons. The summed E-state index contributed by atoms with van der Waals surface area (Å²) >= 11 is 0. The molecule has 0 heterocycles. The van der Waals surface area contributed by atoms with Crippen molar-refractivity contribution in [1.82, 2.24) is 5.32 Å². The van der Waals surface area contributed by atoms with Crippen LogP contribution in [0.25, 0.3) is 0 Å². The fourth-order valence-electron chi connectivity index (χ4n) is 6.02. The zero-order chi connectivity index (χ0) is 70.2. The molecule has 0 radical (unpaired) electrons. The molecule has 88 heavy (non-hydrogen) atoms. The Bertz CT molecular complexity index is 1860. The molecule has 0 saturated carbocycles. The van der Waals surface area contributed by atoms with E-state index >= 15 is 0 Å². The summed E-state index contributed by atoms with van der Waals surface area (Å²) in [5.74, 6) is 4.44.